The van der Waals surface area contributed by atoms with Gasteiger partial charge in [-0.15, -0.1) is 0 Å². The van der Waals surface area contributed by atoms with E-state index >= 15 is 0 Å². The SMILES string of the molecule is Cc1cc(C)c(C(=O)C(CC(=O)O)NC(C)(C)C)c(C)c1. The molecule has 1 aromatic carbocycles. The zero-order valence-electron chi connectivity index (χ0n) is 13.7. The van der Waals surface area contributed by atoms with Gasteiger partial charge in [0, 0.05) is 11.1 Å². The molecule has 0 saturated heterocycles. The fourth-order valence-corrected chi connectivity index (χ4v) is 2.65. The average Bonchev–Trinajstić information content (AvgIpc) is 2.23. The van der Waals surface area contributed by atoms with Gasteiger partial charge in [-0.1, -0.05) is 17.7 Å². The first kappa shape index (κ1) is 17.4. The summed E-state index contributed by atoms with van der Waals surface area (Å²) in [5.41, 5.74) is 3.18. The van der Waals surface area contributed by atoms with Gasteiger partial charge in [0.05, 0.1) is 12.5 Å². The van der Waals surface area contributed by atoms with Gasteiger partial charge < -0.3 is 10.4 Å². The molecule has 1 rings (SSSR count). The Morgan fingerprint density at radius 1 is 1.14 bits per heavy atom. The summed E-state index contributed by atoms with van der Waals surface area (Å²) < 4.78 is 0. The summed E-state index contributed by atoms with van der Waals surface area (Å²) in [6.45, 7) is 11.5. The van der Waals surface area contributed by atoms with E-state index in [4.69, 9.17) is 5.11 Å². The van der Waals surface area contributed by atoms with Crippen LogP contribution in [0.1, 0.15) is 54.2 Å². The molecule has 0 heterocycles. The molecule has 2 N–H and O–H groups in total. The van der Waals surface area contributed by atoms with Gasteiger partial charge >= 0.3 is 5.97 Å². The molecule has 1 aromatic rings. The number of rotatable bonds is 5. The molecule has 0 bridgehead atoms. The first-order valence-electron chi connectivity index (χ1n) is 7.13. The van der Waals surface area contributed by atoms with Crippen molar-refractivity contribution < 1.29 is 14.7 Å². The largest absolute Gasteiger partial charge is 0.481 e. The predicted molar refractivity (Wildman–Crippen MR) is 83.9 cm³/mol. The van der Waals surface area contributed by atoms with E-state index in [1.165, 1.54) is 0 Å². The van der Waals surface area contributed by atoms with Crippen LogP contribution < -0.4 is 5.32 Å². The Bertz CT molecular complexity index is 533. The molecule has 0 aliphatic carbocycles. The third-order valence-corrected chi connectivity index (χ3v) is 3.23. The van der Waals surface area contributed by atoms with Crippen molar-refractivity contribution in [1.82, 2.24) is 5.32 Å². The molecule has 0 amide bonds. The number of nitrogens with one attached hydrogen (secondary N) is 1. The highest BCUT2D eigenvalue weighted by molar-refractivity contribution is 6.04. The number of benzene rings is 1. The minimum absolute atomic E-state index is 0.151. The highest BCUT2D eigenvalue weighted by Crippen LogP contribution is 2.20. The quantitative estimate of drug-likeness (QED) is 0.818. The van der Waals surface area contributed by atoms with Gasteiger partial charge in [0.15, 0.2) is 5.78 Å². The van der Waals surface area contributed by atoms with Gasteiger partial charge in [0.25, 0.3) is 0 Å². The lowest BCUT2D eigenvalue weighted by Gasteiger charge is -2.27. The number of hydrogen-bond donors (Lipinski definition) is 2. The molecule has 0 aromatic heterocycles. The summed E-state index contributed by atoms with van der Waals surface area (Å²) in [5.74, 6) is -1.13. The highest BCUT2D eigenvalue weighted by Gasteiger charge is 2.28. The molecule has 4 heteroatoms. The number of aryl methyl sites for hydroxylation is 3. The van der Waals surface area contributed by atoms with Gasteiger partial charge in [-0.25, -0.2) is 0 Å². The van der Waals surface area contributed by atoms with E-state index in [0.717, 1.165) is 16.7 Å². The normalized spacial score (nSPS) is 13.0. The van der Waals surface area contributed by atoms with E-state index in [0.29, 0.717) is 5.56 Å². The van der Waals surface area contributed by atoms with Crippen LogP contribution in [0.4, 0.5) is 0 Å². The maximum absolute atomic E-state index is 12.8. The van der Waals surface area contributed by atoms with Gasteiger partial charge in [0.2, 0.25) is 0 Å². The van der Waals surface area contributed by atoms with Crippen molar-refractivity contribution in [2.45, 2.75) is 59.5 Å². The Balaban J connectivity index is 3.19. The molecule has 0 radical (unpaired) electrons. The maximum atomic E-state index is 12.8. The molecular weight excluding hydrogens is 266 g/mol. The number of hydrogen-bond acceptors (Lipinski definition) is 3. The second kappa shape index (κ2) is 6.39. The zero-order chi connectivity index (χ0) is 16.4. The second-order valence-corrected chi connectivity index (χ2v) is 6.68. The third-order valence-electron chi connectivity index (χ3n) is 3.23. The van der Waals surface area contributed by atoms with Gasteiger partial charge in [-0.3, -0.25) is 9.59 Å². The Morgan fingerprint density at radius 2 is 1.62 bits per heavy atom. The highest BCUT2D eigenvalue weighted by atomic mass is 16.4. The summed E-state index contributed by atoms with van der Waals surface area (Å²) in [6, 6.07) is 3.19. The van der Waals surface area contributed by atoms with E-state index in [-0.39, 0.29) is 17.7 Å². The average molecular weight is 291 g/mol. The Kier molecular flexibility index (Phi) is 5.29. The summed E-state index contributed by atoms with van der Waals surface area (Å²) in [6.07, 6.45) is -0.219. The standard InChI is InChI=1S/C17H25NO3/c1-10-7-11(2)15(12(3)8-10)16(21)13(9-14(19)20)18-17(4,5)6/h7-8,13,18H,9H2,1-6H3,(H,19,20). The number of aliphatic carboxylic acids is 1. The lowest BCUT2D eigenvalue weighted by atomic mass is 9.91. The zero-order valence-corrected chi connectivity index (χ0v) is 13.7. The smallest absolute Gasteiger partial charge is 0.305 e. The molecular formula is C17H25NO3. The fourth-order valence-electron chi connectivity index (χ4n) is 2.65. The van der Waals surface area contributed by atoms with E-state index in [9.17, 15) is 9.59 Å². The number of Topliss-reactive ketones (excluding diaryl/α,β-unsaturated/α-hetero) is 1. The van der Waals surface area contributed by atoms with Crippen LogP contribution in [-0.4, -0.2) is 28.4 Å². The first-order chi connectivity index (χ1) is 9.51. The van der Waals surface area contributed by atoms with Crippen molar-refractivity contribution in [3.8, 4) is 0 Å². The van der Waals surface area contributed by atoms with Crippen LogP contribution in [0, 0.1) is 20.8 Å². The van der Waals surface area contributed by atoms with Crippen LogP contribution in [0.2, 0.25) is 0 Å². The second-order valence-electron chi connectivity index (χ2n) is 6.68. The monoisotopic (exact) mass is 291 g/mol. The number of ketones is 1. The van der Waals surface area contributed by atoms with Crippen molar-refractivity contribution >= 4 is 11.8 Å². The van der Waals surface area contributed by atoms with E-state index < -0.39 is 12.0 Å². The van der Waals surface area contributed by atoms with Crippen LogP contribution in [0.5, 0.6) is 0 Å². The van der Waals surface area contributed by atoms with Crippen LogP contribution in [0.15, 0.2) is 12.1 Å². The van der Waals surface area contributed by atoms with Gasteiger partial charge in [0.1, 0.15) is 0 Å². The first-order valence-corrected chi connectivity index (χ1v) is 7.13. The molecule has 21 heavy (non-hydrogen) atoms. The van der Waals surface area contributed by atoms with Gasteiger partial charge in [-0.05, 0) is 52.7 Å². The van der Waals surface area contributed by atoms with E-state index in [1.807, 2.05) is 53.7 Å². The molecule has 0 aliphatic heterocycles. The summed E-state index contributed by atoms with van der Waals surface area (Å²) in [4.78, 5) is 23.8. The van der Waals surface area contributed by atoms with Crippen LogP contribution in [0.25, 0.3) is 0 Å². The lowest BCUT2D eigenvalue weighted by Crippen LogP contribution is -2.49. The van der Waals surface area contributed by atoms with Crippen LogP contribution in [-0.2, 0) is 4.79 Å². The molecule has 0 fully saturated rings. The van der Waals surface area contributed by atoms with Crippen molar-refractivity contribution in [2.75, 3.05) is 0 Å². The maximum Gasteiger partial charge on any atom is 0.305 e. The summed E-state index contributed by atoms with van der Waals surface area (Å²) in [7, 11) is 0. The fraction of sp³-hybridized carbons (Fsp3) is 0.529. The summed E-state index contributed by atoms with van der Waals surface area (Å²) in [5, 5.41) is 12.2. The number of carbonyl (C=O) groups excluding carboxylic acids is 1. The molecule has 0 saturated carbocycles. The van der Waals surface area contributed by atoms with Gasteiger partial charge in [-0.2, -0.15) is 0 Å². The molecule has 1 atom stereocenters. The Hall–Kier alpha value is -1.68. The lowest BCUT2D eigenvalue weighted by molar-refractivity contribution is -0.137. The summed E-state index contributed by atoms with van der Waals surface area (Å²) >= 11 is 0. The number of carboxylic acid groups (broad SMARTS) is 1. The van der Waals surface area contributed by atoms with Crippen molar-refractivity contribution in [3.63, 3.8) is 0 Å². The van der Waals surface area contributed by atoms with E-state index in [1.54, 1.807) is 0 Å². The minimum Gasteiger partial charge on any atom is -0.481 e. The molecule has 1 unspecified atom stereocenters. The van der Waals surface area contributed by atoms with Crippen molar-refractivity contribution in [1.29, 1.82) is 0 Å². The van der Waals surface area contributed by atoms with Crippen LogP contribution >= 0.6 is 0 Å². The number of carboxylic acids is 1. The molecule has 116 valence electrons. The Labute approximate surface area is 126 Å². The third kappa shape index (κ3) is 4.97. The topological polar surface area (TPSA) is 66.4 Å². The predicted octanol–water partition coefficient (Wildman–Crippen LogP) is 3.03. The van der Waals surface area contributed by atoms with E-state index in [2.05, 4.69) is 5.32 Å². The van der Waals surface area contributed by atoms with Crippen molar-refractivity contribution in [2.24, 2.45) is 0 Å². The van der Waals surface area contributed by atoms with Crippen LogP contribution in [0.3, 0.4) is 0 Å². The molecule has 0 spiro atoms. The molecule has 4 nitrogen and oxygen atoms in total. The number of carbonyl (C=O) groups is 2. The van der Waals surface area contributed by atoms with Crippen molar-refractivity contribution in [3.05, 3.63) is 34.4 Å². The minimum atomic E-state index is -0.979. The Morgan fingerprint density at radius 3 is 2.00 bits per heavy atom. The molecule has 0 aliphatic rings.